The number of carbonyl (C=O) groups is 2. The Morgan fingerprint density at radius 3 is 1.32 bits per heavy atom. The molecule has 0 saturated carbocycles. The molecule has 25 heavy (non-hydrogen) atoms. The van der Waals surface area contributed by atoms with Crippen molar-refractivity contribution in [2.45, 2.75) is 0 Å². The van der Waals surface area contributed by atoms with E-state index in [4.69, 9.17) is 9.47 Å². The number of hydrogen-bond donors (Lipinski definition) is 0. The molecular weight excluding hydrogens is 386 g/mol. The van der Waals surface area contributed by atoms with E-state index in [1.54, 1.807) is 0 Å². The predicted molar refractivity (Wildman–Crippen MR) is 85.4 cm³/mol. The quantitative estimate of drug-likeness (QED) is 0.371. The van der Waals surface area contributed by atoms with Crippen molar-refractivity contribution in [2.24, 2.45) is 0 Å². The van der Waals surface area contributed by atoms with E-state index < -0.39 is 0 Å². The zero-order chi connectivity index (χ0) is 16.5. The van der Waals surface area contributed by atoms with Gasteiger partial charge < -0.3 is 30.6 Å². The first-order chi connectivity index (χ1) is 10.5. The third-order valence-electron chi connectivity index (χ3n) is 2.65. The van der Waals surface area contributed by atoms with Crippen LogP contribution in [0.25, 0.3) is 0 Å². The van der Waals surface area contributed by atoms with E-state index in [0.29, 0.717) is 23.7 Å². The van der Waals surface area contributed by atoms with Crippen LogP contribution in [0.3, 0.4) is 0 Å². The van der Waals surface area contributed by atoms with Gasteiger partial charge in [0.1, 0.15) is 24.1 Å². The molecule has 2 rings (SSSR count). The monoisotopic (exact) mass is 404 g/mol. The van der Waals surface area contributed by atoms with Gasteiger partial charge in [0.15, 0.2) is 0 Å². The third-order valence-corrected chi connectivity index (χ3v) is 2.65. The van der Waals surface area contributed by atoms with E-state index in [2.05, 4.69) is 0 Å². The molecule has 0 radical (unpaired) electrons. The second-order valence-electron chi connectivity index (χ2n) is 4.06. The molecule has 2 aromatic rings. The molecule has 8 nitrogen and oxygen atoms in total. The largest absolute Gasteiger partial charge is 2.00 e. The number of carbonyl (C=O) groups excluding carboxylic acids is 2. The molecule has 0 aromatic heterocycles. The molecule has 0 aliphatic carbocycles. The summed E-state index contributed by atoms with van der Waals surface area (Å²) in [6, 6.07) is 8.35. The molecule has 0 atom stereocenters. The first-order valence-electron chi connectivity index (χ1n) is 6.16. The van der Waals surface area contributed by atoms with Crippen molar-refractivity contribution in [3.8, 4) is 23.0 Å². The van der Waals surface area contributed by atoms with Gasteiger partial charge in [-0.2, -0.15) is 0 Å². The number of hydrogen-bond acceptors (Lipinski definition) is 6. The van der Waals surface area contributed by atoms with Crippen LogP contribution in [0.2, 0.25) is 0 Å². The molecule has 0 spiro atoms. The van der Waals surface area contributed by atoms with Gasteiger partial charge in [-0.05, 0) is 12.1 Å². The normalized spacial score (nSPS) is 8.08. The summed E-state index contributed by atoms with van der Waals surface area (Å²) in [7, 11) is 2.79. The van der Waals surface area contributed by atoms with E-state index in [0.717, 1.165) is 0 Å². The zero-order valence-electron chi connectivity index (χ0n) is 13.9. The number of ether oxygens (including phenoxy) is 2. The van der Waals surface area contributed by atoms with E-state index in [9.17, 15) is 19.8 Å². The molecule has 0 fully saturated rings. The Labute approximate surface area is 157 Å². The number of benzene rings is 2. The van der Waals surface area contributed by atoms with Crippen LogP contribution in [0, 0.1) is 0 Å². The Hall–Kier alpha value is -2.48. The van der Waals surface area contributed by atoms with Crippen molar-refractivity contribution in [1.82, 2.24) is 0 Å². The van der Waals surface area contributed by atoms with Gasteiger partial charge in [-0.3, -0.25) is 9.59 Å². The van der Waals surface area contributed by atoms with Crippen LogP contribution < -0.4 is 19.7 Å². The van der Waals surface area contributed by atoms with Gasteiger partial charge in [0.05, 0.1) is 14.2 Å². The topological polar surface area (TPSA) is 165 Å². The van der Waals surface area contributed by atoms with Gasteiger partial charge in [-0.15, -0.1) is 0 Å². The summed E-state index contributed by atoms with van der Waals surface area (Å²) in [5.41, 5.74) is 0.892. The smallest absolute Gasteiger partial charge is 0.870 e. The van der Waals surface area contributed by atoms with Crippen molar-refractivity contribution in [1.29, 1.82) is 0 Å². The summed E-state index contributed by atoms with van der Waals surface area (Å²) >= 11 is 0. The fourth-order valence-electron chi connectivity index (χ4n) is 1.51. The molecule has 0 aliphatic heterocycles. The van der Waals surface area contributed by atoms with Crippen LogP contribution in [0.1, 0.15) is 20.7 Å². The standard InChI is InChI=1S/2C8H8O3.2H2O.Zn/c2*1-11-8-4-6(5-9)2-3-7(8)10;;;/h2*2-5,10H,1H3;2*1H2;/q;;;;+2. The molecule has 0 bridgehead atoms. The van der Waals surface area contributed by atoms with Crippen LogP contribution in [0.4, 0.5) is 0 Å². The summed E-state index contributed by atoms with van der Waals surface area (Å²) in [6.45, 7) is 0. The Bertz CT molecular complexity index is 603. The van der Waals surface area contributed by atoms with Crippen molar-refractivity contribution >= 4 is 12.6 Å². The van der Waals surface area contributed by atoms with Gasteiger partial charge in [0, 0.05) is 11.1 Å². The van der Waals surface area contributed by atoms with E-state index in [1.807, 2.05) is 0 Å². The van der Waals surface area contributed by atoms with E-state index in [-0.39, 0.29) is 53.4 Å². The number of methoxy groups -OCH3 is 2. The zero-order valence-corrected chi connectivity index (χ0v) is 16.9. The summed E-state index contributed by atoms with van der Waals surface area (Å²) in [6.07, 6.45) is 1.34. The van der Waals surface area contributed by atoms with Gasteiger partial charge in [0.2, 0.25) is 0 Å². The first kappa shape index (κ1) is 27.4. The molecule has 0 aliphatic rings. The fourth-order valence-corrected chi connectivity index (χ4v) is 1.51. The van der Waals surface area contributed by atoms with E-state index in [1.165, 1.54) is 50.6 Å². The minimum Gasteiger partial charge on any atom is -0.870 e. The molecule has 2 aromatic carbocycles. The molecule has 0 heterocycles. The van der Waals surface area contributed by atoms with Gasteiger partial charge in [-0.1, -0.05) is 35.8 Å². The van der Waals surface area contributed by atoms with E-state index >= 15 is 0 Å². The van der Waals surface area contributed by atoms with Crippen LogP contribution in [0.15, 0.2) is 36.4 Å². The van der Waals surface area contributed by atoms with Crippen molar-refractivity contribution in [3.05, 3.63) is 47.5 Å². The van der Waals surface area contributed by atoms with Gasteiger partial charge >= 0.3 is 19.5 Å². The second kappa shape index (κ2) is 13.9. The third kappa shape index (κ3) is 8.26. The summed E-state index contributed by atoms with van der Waals surface area (Å²) in [4.78, 5) is 20.5. The van der Waals surface area contributed by atoms with Crippen molar-refractivity contribution in [3.63, 3.8) is 0 Å². The van der Waals surface area contributed by atoms with Crippen LogP contribution in [-0.4, -0.2) is 26.8 Å². The maximum Gasteiger partial charge on any atom is 2.00 e. The molecule has 0 amide bonds. The number of rotatable bonds is 4. The van der Waals surface area contributed by atoms with Crippen molar-refractivity contribution < 1.29 is 59.7 Å². The Balaban J connectivity index is -0.000000346. The SMILES string of the molecule is COc1cc(C=O)ccc1[O-].COc1cc(C=O)ccc1[O-].[OH3+].[OH3+].[Zn+2]. The molecular formula is C16H20O8Zn+2. The molecule has 9 heteroatoms. The Morgan fingerprint density at radius 2 is 1.08 bits per heavy atom. The minimum atomic E-state index is -0.210. The minimum absolute atomic E-state index is 0. The maximum atomic E-state index is 10.9. The fraction of sp³-hybridized carbons (Fsp3) is 0.125. The average Bonchev–Trinajstić information content (AvgIpc) is 2.56. The van der Waals surface area contributed by atoms with Crippen LogP contribution in [-0.2, 0) is 30.4 Å². The predicted octanol–water partition coefficient (Wildman–Crippen LogP) is -0.684. The summed E-state index contributed by atoms with van der Waals surface area (Å²) < 4.78 is 9.43. The van der Waals surface area contributed by atoms with Crippen LogP contribution >= 0.6 is 0 Å². The Morgan fingerprint density at radius 1 is 0.760 bits per heavy atom. The van der Waals surface area contributed by atoms with Crippen LogP contribution in [0.5, 0.6) is 23.0 Å². The molecule has 0 saturated heterocycles. The van der Waals surface area contributed by atoms with Crippen molar-refractivity contribution in [2.75, 3.05) is 14.2 Å². The maximum absolute atomic E-state index is 10.9. The molecule has 132 valence electrons. The average molecular weight is 406 g/mol. The first-order valence-corrected chi connectivity index (χ1v) is 6.16. The van der Waals surface area contributed by atoms with Gasteiger partial charge in [-0.25, -0.2) is 0 Å². The molecule has 0 unspecified atom stereocenters. The number of aldehydes is 2. The van der Waals surface area contributed by atoms with Gasteiger partial charge in [0.25, 0.3) is 0 Å². The second-order valence-corrected chi connectivity index (χ2v) is 4.06. The summed E-state index contributed by atoms with van der Waals surface area (Å²) in [5.74, 6) is -0.0135. The Kier molecular flexibility index (Phi) is 15.2. The summed E-state index contributed by atoms with van der Waals surface area (Å²) in [5, 5.41) is 21.8. The molecule has 6 N–H and O–H groups in total.